The lowest BCUT2D eigenvalue weighted by Gasteiger charge is -2.20. The lowest BCUT2D eigenvalue weighted by atomic mass is 10.1. The van der Waals surface area contributed by atoms with E-state index in [0.717, 1.165) is 17.7 Å². The second-order valence-corrected chi connectivity index (χ2v) is 4.39. The van der Waals surface area contributed by atoms with Crippen molar-refractivity contribution in [1.29, 1.82) is 0 Å². The Morgan fingerprint density at radius 3 is 3.00 bits per heavy atom. The van der Waals surface area contributed by atoms with Crippen molar-refractivity contribution in [3.05, 3.63) is 29.8 Å². The Kier molecular flexibility index (Phi) is 3.80. The van der Waals surface area contributed by atoms with Gasteiger partial charge in [-0.1, -0.05) is 12.1 Å². The molecule has 2 atom stereocenters. The highest BCUT2D eigenvalue weighted by molar-refractivity contribution is 5.28. The SMILES string of the molecule is NCC1CCCC1Oc1cccc(CO)c1. The molecule has 16 heavy (non-hydrogen) atoms. The number of nitrogens with two attached hydrogens (primary N) is 1. The lowest BCUT2D eigenvalue weighted by Crippen LogP contribution is -2.27. The molecule has 3 N–H and O–H groups in total. The van der Waals surface area contributed by atoms with Crippen LogP contribution in [0.5, 0.6) is 5.75 Å². The van der Waals surface area contributed by atoms with E-state index in [4.69, 9.17) is 15.6 Å². The van der Waals surface area contributed by atoms with Crippen molar-refractivity contribution < 1.29 is 9.84 Å². The van der Waals surface area contributed by atoms with Crippen LogP contribution in [0.15, 0.2) is 24.3 Å². The first kappa shape index (κ1) is 11.4. The van der Waals surface area contributed by atoms with E-state index in [1.165, 1.54) is 12.8 Å². The number of hydrogen-bond acceptors (Lipinski definition) is 3. The molecule has 3 nitrogen and oxygen atoms in total. The van der Waals surface area contributed by atoms with Gasteiger partial charge >= 0.3 is 0 Å². The van der Waals surface area contributed by atoms with Crippen LogP contribution in [0.3, 0.4) is 0 Å². The smallest absolute Gasteiger partial charge is 0.120 e. The predicted molar refractivity (Wildman–Crippen MR) is 63.2 cm³/mol. The van der Waals surface area contributed by atoms with Crippen LogP contribution in [0.4, 0.5) is 0 Å². The van der Waals surface area contributed by atoms with Gasteiger partial charge in [0.2, 0.25) is 0 Å². The standard InChI is InChI=1S/C13H19NO2/c14-8-11-4-2-6-13(11)16-12-5-1-3-10(7-12)9-15/h1,3,5,7,11,13,15H,2,4,6,8-9,14H2. The molecule has 88 valence electrons. The van der Waals surface area contributed by atoms with Gasteiger partial charge in [-0.2, -0.15) is 0 Å². The second-order valence-electron chi connectivity index (χ2n) is 4.39. The van der Waals surface area contributed by atoms with Gasteiger partial charge < -0.3 is 15.6 Å². The minimum absolute atomic E-state index is 0.0577. The molecule has 0 aromatic heterocycles. The van der Waals surface area contributed by atoms with Crippen LogP contribution in [0.25, 0.3) is 0 Å². The fourth-order valence-corrected chi connectivity index (χ4v) is 2.32. The van der Waals surface area contributed by atoms with Crippen LogP contribution < -0.4 is 10.5 Å². The van der Waals surface area contributed by atoms with Gasteiger partial charge in [0, 0.05) is 5.92 Å². The summed E-state index contributed by atoms with van der Waals surface area (Å²) in [5.41, 5.74) is 6.60. The molecule has 0 spiro atoms. The Hall–Kier alpha value is -1.06. The summed E-state index contributed by atoms with van der Waals surface area (Å²) in [6.07, 6.45) is 3.71. The molecule has 0 aliphatic heterocycles. The molecule has 0 bridgehead atoms. The van der Waals surface area contributed by atoms with Crippen molar-refractivity contribution in [2.75, 3.05) is 6.54 Å². The number of aliphatic hydroxyl groups excluding tert-OH is 1. The molecule has 1 fully saturated rings. The molecule has 0 saturated heterocycles. The normalized spacial score (nSPS) is 24.6. The van der Waals surface area contributed by atoms with E-state index in [9.17, 15) is 0 Å². The van der Waals surface area contributed by atoms with Gasteiger partial charge in [-0.3, -0.25) is 0 Å². The minimum Gasteiger partial charge on any atom is -0.490 e. The molecular weight excluding hydrogens is 202 g/mol. The lowest BCUT2D eigenvalue weighted by molar-refractivity contribution is 0.162. The molecular formula is C13H19NO2. The summed E-state index contributed by atoms with van der Waals surface area (Å²) in [6.45, 7) is 0.756. The van der Waals surface area contributed by atoms with Crippen LogP contribution in [-0.2, 0) is 6.61 Å². The molecule has 0 heterocycles. The van der Waals surface area contributed by atoms with Crippen LogP contribution in [0.2, 0.25) is 0 Å². The monoisotopic (exact) mass is 221 g/mol. The fourth-order valence-electron chi connectivity index (χ4n) is 2.32. The summed E-state index contributed by atoms with van der Waals surface area (Å²) < 4.78 is 5.93. The topological polar surface area (TPSA) is 55.5 Å². The van der Waals surface area contributed by atoms with Crippen molar-refractivity contribution in [3.8, 4) is 5.75 Å². The maximum absolute atomic E-state index is 9.05. The summed E-state index contributed by atoms with van der Waals surface area (Å²) in [5.74, 6) is 1.33. The number of aliphatic hydroxyl groups is 1. The maximum Gasteiger partial charge on any atom is 0.120 e. The summed E-state index contributed by atoms with van der Waals surface area (Å²) in [4.78, 5) is 0. The highest BCUT2D eigenvalue weighted by Crippen LogP contribution is 2.29. The zero-order valence-electron chi connectivity index (χ0n) is 9.43. The minimum atomic E-state index is 0.0577. The molecule has 0 amide bonds. The van der Waals surface area contributed by atoms with Crippen molar-refractivity contribution in [3.63, 3.8) is 0 Å². The Balaban J connectivity index is 2.02. The van der Waals surface area contributed by atoms with Gasteiger partial charge in [-0.05, 0) is 43.5 Å². The van der Waals surface area contributed by atoms with E-state index in [1.807, 2.05) is 24.3 Å². The van der Waals surface area contributed by atoms with E-state index in [0.29, 0.717) is 12.5 Å². The van der Waals surface area contributed by atoms with Crippen LogP contribution in [0.1, 0.15) is 24.8 Å². The van der Waals surface area contributed by atoms with Gasteiger partial charge in [0.1, 0.15) is 11.9 Å². The third-order valence-electron chi connectivity index (χ3n) is 3.26. The second kappa shape index (κ2) is 5.32. The van der Waals surface area contributed by atoms with Crippen molar-refractivity contribution in [1.82, 2.24) is 0 Å². The van der Waals surface area contributed by atoms with Gasteiger partial charge in [0.25, 0.3) is 0 Å². The molecule has 0 radical (unpaired) electrons. The van der Waals surface area contributed by atoms with Crippen molar-refractivity contribution >= 4 is 0 Å². The van der Waals surface area contributed by atoms with Crippen LogP contribution >= 0.6 is 0 Å². The fraction of sp³-hybridized carbons (Fsp3) is 0.538. The highest BCUT2D eigenvalue weighted by Gasteiger charge is 2.27. The largest absolute Gasteiger partial charge is 0.490 e. The molecule has 3 heteroatoms. The zero-order valence-corrected chi connectivity index (χ0v) is 9.43. The Morgan fingerprint density at radius 1 is 1.38 bits per heavy atom. The van der Waals surface area contributed by atoms with Gasteiger partial charge in [0.15, 0.2) is 0 Å². The third-order valence-corrected chi connectivity index (χ3v) is 3.26. The maximum atomic E-state index is 9.05. The van der Waals surface area contributed by atoms with E-state index in [2.05, 4.69) is 0 Å². The molecule has 2 rings (SSSR count). The van der Waals surface area contributed by atoms with Gasteiger partial charge in [0.05, 0.1) is 6.61 Å². The van der Waals surface area contributed by atoms with Gasteiger partial charge in [-0.25, -0.2) is 0 Å². The zero-order chi connectivity index (χ0) is 11.4. The molecule has 1 aromatic carbocycles. The quantitative estimate of drug-likeness (QED) is 0.813. The average molecular weight is 221 g/mol. The number of hydrogen-bond donors (Lipinski definition) is 2. The van der Waals surface area contributed by atoms with E-state index in [-0.39, 0.29) is 12.7 Å². The molecule has 1 saturated carbocycles. The van der Waals surface area contributed by atoms with E-state index >= 15 is 0 Å². The van der Waals surface area contributed by atoms with Crippen molar-refractivity contribution in [2.45, 2.75) is 32.0 Å². The third kappa shape index (κ3) is 2.54. The van der Waals surface area contributed by atoms with Crippen LogP contribution in [-0.4, -0.2) is 17.8 Å². The first-order chi connectivity index (χ1) is 7.83. The van der Waals surface area contributed by atoms with Crippen molar-refractivity contribution in [2.24, 2.45) is 11.7 Å². The van der Waals surface area contributed by atoms with E-state index in [1.54, 1.807) is 0 Å². The predicted octanol–water partition coefficient (Wildman–Crippen LogP) is 1.69. The van der Waals surface area contributed by atoms with E-state index < -0.39 is 0 Å². The molecule has 1 aliphatic rings. The number of ether oxygens (including phenoxy) is 1. The Labute approximate surface area is 96.2 Å². The Bertz CT molecular complexity index is 340. The Morgan fingerprint density at radius 2 is 2.25 bits per heavy atom. The highest BCUT2D eigenvalue weighted by atomic mass is 16.5. The summed E-state index contributed by atoms with van der Waals surface area (Å²) >= 11 is 0. The first-order valence-corrected chi connectivity index (χ1v) is 5.90. The summed E-state index contributed by atoms with van der Waals surface area (Å²) in [6, 6.07) is 7.63. The van der Waals surface area contributed by atoms with Gasteiger partial charge in [-0.15, -0.1) is 0 Å². The molecule has 1 aliphatic carbocycles. The summed E-state index contributed by atoms with van der Waals surface area (Å²) in [7, 11) is 0. The van der Waals surface area contributed by atoms with Crippen LogP contribution in [0, 0.1) is 5.92 Å². The summed E-state index contributed by atoms with van der Waals surface area (Å²) in [5, 5.41) is 9.05. The molecule has 2 unspecified atom stereocenters. The number of benzene rings is 1. The molecule has 1 aromatic rings. The average Bonchev–Trinajstić information content (AvgIpc) is 2.76. The first-order valence-electron chi connectivity index (χ1n) is 5.90. The number of rotatable bonds is 4.